The van der Waals surface area contributed by atoms with E-state index in [4.69, 9.17) is 18.9 Å². The second-order valence-electron chi connectivity index (χ2n) is 6.35. The predicted molar refractivity (Wildman–Crippen MR) is 101 cm³/mol. The molecule has 1 heterocycles. The van der Waals surface area contributed by atoms with E-state index >= 15 is 0 Å². The van der Waals surface area contributed by atoms with E-state index in [-0.39, 0.29) is 12.3 Å². The third-order valence-corrected chi connectivity index (χ3v) is 5.13. The molecule has 2 rings (SSSR count). The maximum atomic E-state index is 11.6. The van der Waals surface area contributed by atoms with Gasteiger partial charge in [-0.1, -0.05) is 11.8 Å². The molecule has 1 saturated heterocycles. The molecule has 0 unspecified atom stereocenters. The molecule has 0 saturated carbocycles. The molecule has 1 aromatic rings. The highest BCUT2D eigenvalue weighted by Gasteiger charge is 2.50. The Kier molecular flexibility index (Phi) is 8.15. The van der Waals surface area contributed by atoms with Gasteiger partial charge in [0.15, 0.2) is 12.2 Å². The van der Waals surface area contributed by atoms with Crippen molar-refractivity contribution in [3.05, 3.63) is 34.4 Å². The Morgan fingerprint density at radius 3 is 2.13 bits per heavy atom. The molecule has 1 aliphatic rings. The molecule has 0 bridgehead atoms. The average Bonchev–Trinajstić information content (AvgIpc) is 2.65. The molecule has 5 atom stereocenters. The second-order valence-corrected chi connectivity index (χ2v) is 7.52. The fourth-order valence-electron chi connectivity index (χ4n) is 2.75. The smallest absolute Gasteiger partial charge is 0.303 e. The van der Waals surface area contributed by atoms with Crippen molar-refractivity contribution in [2.45, 2.75) is 55.5 Å². The zero-order valence-corrected chi connectivity index (χ0v) is 17.2. The summed E-state index contributed by atoms with van der Waals surface area (Å²) in [5.41, 5.74) is -1.08. The van der Waals surface area contributed by atoms with Crippen molar-refractivity contribution in [3.8, 4) is 0 Å². The minimum Gasteiger partial charge on any atom is -0.463 e. The first-order chi connectivity index (χ1) is 14.1. The van der Waals surface area contributed by atoms with Crippen LogP contribution in [0.3, 0.4) is 0 Å². The molecule has 1 fully saturated rings. The molecular weight excluding hydrogens is 422 g/mol. The highest BCUT2D eigenvalue weighted by molar-refractivity contribution is 7.99. The van der Waals surface area contributed by atoms with Crippen molar-refractivity contribution in [1.82, 2.24) is 0 Å². The van der Waals surface area contributed by atoms with Gasteiger partial charge in [0, 0.05) is 37.8 Å². The number of carbonyl (C=O) groups excluding carboxylic acids is 3. The summed E-state index contributed by atoms with van der Waals surface area (Å²) >= 11 is 1.04. The summed E-state index contributed by atoms with van der Waals surface area (Å²) < 4.78 is 21.1. The molecule has 1 aromatic carbocycles. The van der Waals surface area contributed by atoms with Crippen LogP contribution in [0.4, 0.5) is 5.69 Å². The summed E-state index contributed by atoms with van der Waals surface area (Å²) in [6.07, 6.45) is -4.97. The van der Waals surface area contributed by atoms with Crippen LogP contribution in [0.2, 0.25) is 0 Å². The molecule has 12 heteroatoms. The van der Waals surface area contributed by atoms with Gasteiger partial charge in [-0.25, -0.2) is 0 Å². The van der Waals surface area contributed by atoms with Crippen LogP contribution in [0.25, 0.3) is 0 Å². The Hall–Kier alpha value is -2.70. The maximum Gasteiger partial charge on any atom is 0.303 e. The van der Waals surface area contributed by atoms with Crippen LogP contribution in [0, 0.1) is 10.1 Å². The van der Waals surface area contributed by atoms with Gasteiger partial charge in [0.1, 0.15) is 24.3 Å². The van der Waals surface area contributed by atoms with E-state index in [9.17, 15) is 29.6 Å². The fraction of sp³-hybridized carbons (Fsp3) is 0.500. The second kappa shape index (κ2) is 10.4. The molecule has 0 radical (unpaired) electrons. The lowest BCUT2D eigenvalue weighted by Crippen LogP contribution is -2.60. The van der Waals surface area contributed by atoms with Gasteiger partial charge in [-0.05, 0) is 12.1 Å². The van der Waals surface area contributed by atoms with E-state index in [1.807, 2.05) is 0 Å². The number of hydrogen-bond donors (Lipinski definition) is 1. The molecule has 164 valence electrons. The maximum absolute atomic E-state index is 11.6. The Balaban J connectivity index is 2.31. The number of esters is 3. The number of benzene rings is 1. The van der Waals surface area contributed by atoms with E-state index in [0.717, 1.165) is 25.6 Å². The van der Waals surface area contributed by atoms with E-state index in [0.29, 0.717) is 4.90 Å². The lowest BCUT2D eigenvalue weighted by atomic mass is 9.99. The summed E-state index contributed by atoms with van der Waals surface area (Å²) in [7, 11) is 0. The van der Waals surface area contributed by atoms with Gasteiger partial charge in [0.25, 0.3) is 5.69 Å². The van der Waals surface area contributed by atoms with E-state index in [1.54, 1.807) is 0 Å². The van der Waals surface area contributed by atoms with Crippen molar-refractivity contribution < 1.29 is 43.4 Å². The molecule has 1 N–H and O–H groups in total. The van der Waals surface area contributed by atoms with Crippen LogP contribution >= 0.6 is 11.8 Å². The highest BCUT2D eigenvalue weighted by Crippen LogP contribution is 2.36. The van der Waals surface area contributed by atoms with Gasteiger partial charge in [-0.2, -0.15) is 0 Å². The van der Waals surface area contributed by atoms with E-state index < -0.39 is 52.7 Å². The van der Waals surface area contributed by atoms with E-state index in [1.165, 1.54) is 31.2 Å². The molecule has 0 spiro atoms. The number of nitro groups is 1. The van der Waals surface area contributed by atoms with E-state index in [2.05, 4.69) is 0 Å². The van der Waals surface area contributed by atoms with Crippen LogP contribution in [0.15, 0.2) is 29.2 Å². The number of hydrogen-bond acceptors (Lipinski definition) is 11. The third kappa shape index (κ3) is 6.40. The van der Waals surface area contributed by atoms with Gasteiger partial charge in [-0.15, -0.1) is 0 Å². The van der Waals surface area contributed by atoms with Gasteiger partial charge >= 0.3 is 17.9 Å². The average molecular weight is 443 g/mol. The SMILES string of the molecule is CC(=O)OC[C@H]1O[C@@H](Sc2ccc([N+](=O)[O-])cc2)[C@H](OC(C)=O)[C@@H](OC(C)=O)[C@H]1O. The summed E-state index contributed by atoms with van der Waals surface area (Å²) in [6.45, 7) is 3.14. The Morgan fingerprint density at radius 2 is 1.63 bits per heavy atom. The normalized spacial score (nSPS) is 25.8. The molecule has 11 nitrogen and oxygen atoms in total. The lowest BCUT2D eigenvalue weighted by Gasteiger charge is -2.42. The van der Waals surface area contributed by atoms with Gasteiger partial charge in [0.05, 0.1) is 4.92 Å². The zero-order chi connectivity index (χ0) is 22.4. The highest BCUT2D eigenvalue weighted by atomic mass is 32.2. The zero-order valence-electron chi connectivity index (χ0n) is 16.4. The lowest BCUT2D eigenvalue weighted by molar-refractivity contribution is -0.384. The van der Waals surface area contributed by atoms with Crippen LogP contribution in [-0.4, -0.2) is 64.4 Å². The van der Waals surface area contributed by atoms with Gasteiger partial charge in [-0.3, -0.25) is 24.5 Å². The molecule has 0 aliphatic carbocycles. The Labute approximate surface area is 175 Å². The summed E-state index contributed by atoms with van der Waals surface area (Å²) in [5.74, 6) is -2.01. The summed E-state index contributed by atoms with van der Waals surface area (Å²) in [6, 6.07) is 5.54. The number of non-ortho nitro benzene ring substituents is 1. The number of carbonyl (C=O) groups is 3. The number of rotatable bonds is 7. The van der Waals surface area contributed by atoms with Crippen LogP contribution in [0.1, 0.15) is 20.8 Å². The molecular formula is C18H21NO10S. The van der Waals surface area contributed by atoms with Crippen LogP contribution in [-0.2, 0) is 33.3 Å². The number of thioether (sulfide) groups is 1. The van der Waals surface area contributed by atoms with Crippen LogP contribution in [0.5, 0.6) is 0 Å². The minimum absolute atomic E-state index is 0.110. The molecule has 0 aromatic heterocycles. The Morgan fingerprint density at radius 1 is 1.07 bits per heavy atom. The Bertz CT molecular complexity index is 799. The molecule has 0 amide bonds. The molecule has 1 aliphatic heterocycles. The first kappa shape index (κ1) is 23.6. The molecule has 30 heavy (non-hydrogen) atoms. The van der Waals surface area contributed by atoms with Crippen LogP contribution < -0.4 is 0 Å². The standard InChI is InChI=1S/C18H21NO10S/c1-9(20)26-8-14-15(23)16(27-10(2)21)17(28-11(3)22)18(29-14)30-13-6-4-12(5-7-13)19(24)25/h4-7,14-18,23H,8H2,1-3H3/t14-,15+,16+,17-,18+/m1/s1. The number of nitro benzene ring substituents is 1. The van der Waals surface area contributed by atoms with Crippen molar-refractivity contribution in [2.75, 3.05) is 6.61 Å². The van der Waals surface area contributed by atoms with Crippen molar-refractivity contribution in [2.24, 2.45) is 0 Å². The summed E-state index contributed by atoms with van der Waals surface area (Å²) in [5, 5.41) is 21.4. The quantitative estimate of drug-likeness (QED) is 0.280. The van der Waals surface area contributed by atoms with Crippen molar-refractivity contribution in [3.63, 3.8) is 0 Å². The monoisotopic (exact) mass is 443 g/mol. The van der Waals surface area contributed by atoms with Crippen molar-refractivity contribution in [1.29, 1.82) is 0 Å². The largest absolute Gasteiger partial charge is 0.463 e. The first-order valence-electron chi connectivity index (χ1n) is 8.81. The number of ether oxygens (including phenoxy) is 4. The summed E-state index contributed by atoms with van der Waals surface area (Å²) in [4.78, 5) is 45.1. The number of nitrogens with zero attached hydrogens (tertiary/aromatic N) is 1. The van der Waals surface area contributed by atoms with Gasteiger partial charge < -0.3 is 24.1 Å². The van der Waals surface area contributed by atoms with Gasteiger partial charge in [0.2, 0.25) is 0 Å². The third-order valence-electron chi connectivity index (χ3n) is 3.97. The predicted octanol–water partition coefficient (Wildman–Crippen LogP) is 1.20. The minimum atomic E-state index is -1.44. The van der Waals surface area contributed by atoms with Crippen molar-refractivity contribution >= 4 is 35.4 Å². The first-order valence-corrected chi connectivity index (χ1v) is 9.69. The fourth-order valence-corrected chi connectivity index (χ4v) is 3.85. The number of aliphatic hydroxyl groups excluding tert-OH is 1. The number of aliphatic hydroxyl groups is 1. The topological polar surface area (TPSA) is 152 Å².